The summed E-state index contributed by atoms with van der Waals surface area (Å²) in [6.07, 6.45) is 10.6. The molecule has 2 N–H and O–H groups in total. The lowest BCUT2D eigenvalue weighted by Crippen LogP contribution is -2.42. The van der Waals surface area contributed by atoms with E-state index in [1.54, 1.807) is 18.6 Å². The van der Waals surface area contributed by atoms with Crippen molar-refractivity contribution >= 4 is 58.1 Å². The van der Waals surface area contributed by atoms with Crippen molar-refractivity contribution in [1.82, 2.24) is 24.3 Å². The summed E-state index contributed by atoms with van der Waals surface area (Å²) in [5.74, 6) is 1.35. The maximum atomic E-state index is 6.77. The van der Waals surface area contributed by atoms with E-state index < -0.39 is 0 Å². The van der Waals surface area contributed by atoms with Crippen LogP contribution in [-0.2, 0) is 0 Å². The standard InChI is InChI=1S/C25H26Cl2N8S/c1-16-18(3-8-30-22(16)28)36-20-21(27)32-24(35-13-9-31-23(20)35)33-10-4-25(5-11-33)6-12-34(15-25)17-2-7-29-19(26)14-17/h2-3,7-9,13-14H,4-6,10-12,15H2,1H3,(H2,28,30). The quantitative estimate of drug-likeness (QED) is 0.273. The molecule has 2 aliphatic rings. The molecule has 0 bridgehead atoms. The van der Waals surface area contributed by atoms with E-state index in [1.165, 1.54) is 18.2 Å². The molecule has 0 aromatic carbocycles. The van der Waals surface area contributed by atoms with Gasteiger partial charge in [-0.1, -0.05) is 35.0 Å². The second kappa shape index (κ2) is 9.28. The van der Waals surface area contributed by atoms with E-state index in [-0.39, 0.29) is 0 Å². The third-order valence-corrected chi connectivity index (χ3v) is 9.31. The zero-order valence-corrected chi connectivity index (χ0v) is 22.2. The van der Waals surface area contributed by atoms with Gasteiger partial charge in [0.25, 0.3) is 0 Å². The fourth-order valence-corrected chi connectivity index (χ4v) is 6.74. The Morgan fingerprint density at radius 2 is 1.72 bits per heavy atom. The van der Waals surface area contributed by atoms with Crippen molar-refractivity contribution in [3.63, 3.8) is 0 Å². The monoisotopic (exact) mass is 540 g/mol. The van der Waals surface area contributed by atoms with Gasteiger partial charge in [-0.25, -0.2) is 19.9 Å². The van der Waals surface area contributed by atoms with Crippen LogP contribution in [0.2, 0.25) is 10.3 Å². The van der Waals surface area contributed by atoms with Crippen LogP contribution in [0.4, 0.5) is 17.5 Å². The SMILES string of the molecule is Cc1c(Sc2c(Cl)nc(N3CCC4(CCN(c5ccnc(Cl)c5)C4)CC3)n3ccnc23)ccnc1N. The lowest BCUT2D eigenvalue weighted by Gasteiger charge is -2.40. The topological polar surface area (TPSA) is 88.5 Å². The minimum Gasteiger partial charge on any atom is -0.383 e. The van der Waals surface area contributed by atoms with Crippen LogP contribution in [0.15, 0.2) is 52.8 Å². The zero-order valence-electron chi connectivity index (χ0n) is 19.9. The summed E-state index contributed by atoms with van der Waals surface area (Å²) in [6, 6.07) is 5.94. The number of nitrogens with zero attached hydrogens (tertiary/aromatic N) is 7. The van der Waals surface area contributed by atoms with Crippen molar-refractivity contribution in [2.75, 3.05) is 41.7 Å². The first-order chi connectivity index (χ1) is 17.4. The maximum absolute atomic E-state index is 6.77. The minimum absolute atomic E-state index is 0.304. The Balaban J connectivity index is 1.22. The Hall–Kier alpha value is -2.75. The molecule has 0 atom stereocenters. The van der Waals surface area contributed by atoms with E-state index in [2.05, 4.69) is 24.8 Å². The number of hydrogen-bond acceptors (Lipinski definition) is 8. The van der Waals surface area contributed by atoms with Gasteiger partial charge in [0, 0.05) is 67.1 Å². The Bertz CT molecular complexity index is 1430. The molecule has 8 nitrogen and oxygen atoms in total. The number of nitrogens with two attached hydrogens (primary N) is 1. The molecule has 2 saturated heterocycles. The summed E-state index contributed by atoms with van der Waals surface area (Å²) in [5, 5.41) is 0.991. The van der Waals surface area contributed by atoms with Crippen molar-refractivity contribution in [3.8, 4) is 0 Å². The molecule has 1 spiro atoms. The zero-order chi connectivity index (χ0) is 24.9. The highest BCUT2D eigenvalue weighted by Gasteiger charge is 2.41. The van der Waals surface area contributed by atoms with Gasteiger partial charge in [-0.15, -0.1) is 0 Å². The van der Waals surface area contributed by atoms with Gasteiger partial charge in [0.05, 0.1) is 4.90 Å². The molecule has 0 saturated carbocycles. The third-order valence-electron chi connectivity index (χ3n) is 7.47. The Kier molecular flexibility index (Phi) is 6.09. The molecule has 0 amide bonds. The predicted molar refractivity (Wildman–Crippen MR) is 145 cm³/mol. The van der Waals surface area contributed by atoms with E-state index in [0.29, 0.717) is 21.5 Å². The van der Waals surface area contributed by atoms with Gasteiger partial charge < -0.3 is 15.5 Å². The molecule has 2 aliphatic heterocycles. The highest BCUT2D eigenvalue weighted by Crippen LogP contribution is 2.44. The smallest absolute Gasteiger partial charge is 0.212 e. The highest BCUT2D eigenvalue weighted by atomic mass is 35.5. The third kappa shape index (κ3) is 4.23. The van der Waals surface area contributed by atoms with Gasteiger partial charge >= 0.3 is 0 Å². The van der Waals surface area contributed by atoms with Crippen molar-refractivity contribution in [3.05, 3.63) is 58.9 Å². The Labute approximate surface area is 223 Å². The van der Waals surface area contributed by atoms with E-state index in [9.17, 15) is 0 Å². The predicted octanol–water partition coefficient (Wildman–Crippen LogP) is 5.36. The first-order valence-electron chi connectivity index (χ1n) is 12.0. The summed E-state index contributed by atoms with van der Waals surface area (Å²) in [7, 11) is 0. The summed E-state index contributed by atoms with van der Waals surface area (Å²) < 4.78 is 2.05. The van der Waals surface area contributed by atoms with Gasteiger partial charge in [-0.3, -0.25) is 4.40 Å². The first kappa shape index (κ1) is 23.6. The Morgan fingerprint density at radius 1 is 0.972 bits per heavy atom. The number of aromatic nitrogens is 5. The molecule has 0 unspecified atom stereocenters. The molecule has 2 fully saturated rings. The van der Waals surface area contributed by atoms with Gasteiger partial charge in [-0.2, -0.15) is 0 Å². The van der Waals surface area contributed by atoms with Gasteiger partial charge in [0.1, 0.15) is 11.0 Å². The van der Waals surface area contributed by atoms with Crippen LogP contribution < -0.4 is 15.5 Å². The molecule has 6 heterocycles. The summed E-state index contributed by atoms with van der Waals surface area (Å²) in [5.41, 5.74) is 9.19. The summed E-state index contributed by atoms with van der Waals surface area (Å²) in [6.45, 7) is 5.89. The fraction of sp³-hybridized carbons (Fsp3) is 0.360. The van der Waals surface area contributed by atoms with Gasteiger partial charge in [-0.05, 0) is 49.8 Å². The molecule has 0 radical (unpaired) electrons. The van der Waals surface area contributed by atoms with Gasteiger partial charge in [0.2, 0.25) is 5.95 Å². The van der Waals surface area contributed by atoms with Crippen molar-refractivity contribution in [2.24, 2.45) is 5.41 Å². The van der Waals surface area contributed by atoms with Crippen LogP contribution in [0.25, 0.3) is 5.65 Å². The number of nitrogen functional groups attached to an aromatic ring is 1. The van der Waals surface area contributed by atoms with E-state index in [0.717, 1.165) is 71.7 Å². The van der Waals surface area contributed by atoms with Crippen molar-refractivity contribution < 1.29 is 0 Å². The van der Waals surface area contributed by atoms with Crippen LogP contribution in [0.3, 0.4) is 0 Å². The molecular formula is C25H26Cl2N8S. The van der Waals surface area contributed by atoms with Crippen molar-refractivity contribution in [1.29, 1.82) is 0 Å². The van der Waals surface area contributed by atoms with Crippen LogP contribution >= 0.6 is 35.0 Å². The van der Waals surface area contributed by atoms with E-state index >= 15 is 0 Å². The molecule has 36 heavy (non-hydrogen) atoms. The van der Waals surface area contributed by atoms with E-state index in [1.807, 2.05) is 35.7 Å². The second-order valence-electron chi connectivity index (χ2n) is 9.57. The number of imidazole rings is 1. The largest absolute Gasteiger partial charge is 0.383 e. The number of pyridine rings is 2. The maximum Gasteiger partial charge on any atom is 0.212 e. The second-order valence-corrected chi connectivity index (χ2v) is 11.4. The molecule has 11 heteroatoms. The number of piperidine rings is 1. The van der Waals surface area contributed by atoms with Gasteiger partial charge in [0.15, 0.2) is 10.8 Å². The molecule has 4 aromatic heterocycles. The first-order valence-corrected chi connectivity index (χ1v) is 13.5. The van der Waals surface area contributed by atoms with E-state index in [4.69, 9.17) is 33.9 Å². The molecule has 0 aliphatic carbocycles. The van der Waals surface area contributed by atoms with Crippen LogP contribution in [0, 0.1) is 12.3 Å². The lowest BCUT2D eigenvalue weighted by atomic mass is 9.78. The number of anilines is 3. The molecule has 186 valence electrons. The Morgan fingerprint density at radius 3 is 2.50 bits per heavy atom. The number of rotatable bonds is 4. The number of fused-ring (bicyclic) bond motifs is 1. The van der Waals surface area contributed by atoms with Crippen molar-refractivity contribution in [2.45, 2.75) is 36.0 Å². The normalized spacial score (nSPS) is 17.4. The summed E-state index contributed by atoms with van der Waals surface area (Å²) in [4.78, 5) is 24.3. The van der Waals surface area contributed by atoms with Crippen LogP contribution in [0.1, 0.15) is 24.8 Å². The van der Waals surface area contributed by atoms with Crippen LogP contribution in [-0.4, -0.2) is 50.5 Å². The number of halogens is 2. The van der Waals surface area contributed by atoms with Crippen LogP contribution in [0.5, 0.6) is 0 Å². The lowest BCUT2D eigenvalue weighted by molar-refractivity contribution is 0.249. The molecular weight excluding hydrogens is 515 g/mol. The average molecular weight is 542 g/mol. The highest BCUT2D eigenvalue weighted by molar-refractivity contribution is 7.99. The fourth-order valence-electron chi connectivity index (χ4n) is 5.32. The molecule has 4 aromatic rings. The minimum atomic E-state index is 0.304. The average Bonchev–Trinajstić information content (AvgIpc) is 3.52. The summed E-state index contributed by atoms with van der Waals surface area (Å²) >= 11 is 14.4. The number of hydrogen-bond donors (Lipinski definition) is 1. The molecule has 6 rings (SSSR count).